The maximum Gasteiger partial charge on any atom is 0.341 e. The molecule has 1 aromatic rings. The lowest BCUT2D eigenvalue weighted by molar-refractivity contribution is 0.0597. The average molecular weight is 263 g/mol. The van der Waals surface area contributed by atoms with Crippen LogP contribution in [-0.2, 0) is 4.74 Å². The van der Waals surface area contributed by atoms with Crippen molar-refractivity contribution in [1.29, 1.82) is 0 Å². The summed E-state index contributed by atoms with van der Waals surface area (Å²) < 4.78 is 22.6. The second kappa shape index (κ2) is 4.41. The van der Waals surface area contributed by atoms with Crippen molar-refractivity contribution in [3.63, 3.8) is 0 Å². The van der Waals surface area contributed by atoms with Crippen LogP contribution in [0.5, 0.6) is 5.75 Å². The van der Waals surface area contributed by atoms with Crippen LogP contribution in [0.25, 0.3) is 0 Å². The molecule has 76 valence electrons. The summed E-state index contributed by atoms with van der Waals surface area (Å²) in [4.78, 5) is 11.2. The Hall–Kier alpha value is -1.10. The zero-order valence-electron chi connectivity index (χ0n) is 7.64. The molecule has 0 unspecified atom stereocenters. The van der Waals surface area contributed by atoms with Crippen LogP contribution in [0.1, 0.15) is 10.4 Å². The molecule has 14 heavy (non-hydrogen) atoms. The minimum Gasteiger partial charge on any atom is -0.496 e. The fraction of sp³-hybridized carbons (Fsp3) is 0.222. The van der Waals surface area contributed by atoms with Crippen LogP contribution in [0.4, 0.5) is 4.39 Å². The summed E-state index contributed by atoms with van der Waals surface area (Å²) in [5.74, 6) is -0.908. The van der Waals surface area contributed by atoms with Crippen molar-refractivity contribution >= 4 is 21.9 Å². The Kier molecular flexibility index (Phi) is 3.46. The molecule has 0 amide bonds. The molecule has 0 saturated carbocycles. The Morgan fingerprint density at radius 3 is 2.57 bits per heavy atom. The molecule has 5 heteroatoms. The normalized spacial score (nSPS) is 9.71. The van der Waals surface area contributed by atoms with Gasteiger partial charge in [-0.15, -0.1) is 0 Å². The Bertz CT molecular complexity index is 365. The van der Waals surface area contributed by atoms with Crippen LogP contribution in [0.3, 0.4) is 0 Å². The molecular weight excluding hydrogens is 255 g/mol. The van der Waals surface area contributed by atoms with Gasteiger partial charge >= 0.3 is 5.97 Å². The average Bonchev–Trinajstić information content (AvgIpc) is 2.20. The van der Waals surface area contributed by atoms with E-state index in [0.717, 1.165) is 6.07 Å². The predicted octanol–water partition coefficient (Wildman–Crippen LogP) is 2.38. The highest BCUT2D eigenvalue weighted by Crippen LogP contribution is 2.26. The summed E-state index contributed by atoms with van der Waals surface area (Å²) in [5, 5.41) is 0. The first-order valence-electron chi connectivity index (χ1n) is 3.71. The number of ether oxygens (including phenoxy) is 2. The number of methoxy groups -OCH3 is 2. The van der Waals surface area contributed by atoms with Gasteiger partial charge in [0.2, 0.25) is 0 Å². The Balaban J connectivity index is 3.27. The van der Waals surface area contributed by atoms with E-state index in [-0.39, 0.29) is 15.8 Å². The number of rotatable bonds is 2. The van der Waals surface area contributed by atoms with Crippen LogP contribution in [0.15, 0.2) is 16.6 Å². The number of hydrogen-bond donors (Lipinski definition) is 0. The maximum absolute atomic E-state index is 13.0. The van der Waals surface area contributed by atoms with Gasteiger partial charge < -0.3 is 9.47 Å². The Morgan fingerprint density at radius 1 is 1.43 bits per heavy atom. The summed E-state index contributed by atoms with van der Waals surface area (Å²) >= 11 is 2.97. The Morgan fingerprint density at radius 2 is 2.07 bits per heavy atom. The van der Waals surface area contributed by atoms with Crippen molar-refractivity contribution in [2.75, 3.05) is 14.2 Å². The molecule has 0 fully saturated rings. The van der Waals surface area contributed by atoms with Crippen LogP contribution in [0.2, 0.25) is 0 Å². The standard InChI is InChI=1S/C9H8BrFO3/c1-13-8-4-7(11)6(10)3-5(8)9(12)14-2/h3-4H,1-2H3. The molecule has 1 rings (SSSR count). The number of halogens is 2. The molecule has 0 radical (unpaired) electrons. The molecule has 0 atom stereocenters. The fourth-order valence-electron chi connectivity index (χ4n) is 0.967. The zero-order chi connectivity index (χ0) is 10.7. The van der Waals surface area contributed by atoms with E-state index in [1.54, 1.807) is 0 Å². The van der Waals surface area contributed by atoms with Crippen molar-refractivity contribution in [2.24, 2.45) is 0 Å². The summed E-state index contributed by atoms with van der Waals surface area (Å²) in [5.41, 5.74) is 0.184. The second-order valence-electron chi connectivity index (χ2n) is 2.46. The molecule has 0 bridgehead atoms. The van der Waals surface area contributed by atoms with Crippen molar-refractivity contribution in [3.8, 4) is 5.75 Å². The predicted molar refractivity (Wildman–Crippen MR) is 52.0 cm³/mol. The quantitative estimate of drug-likeness (QED) is 0.768. The third kappa shape index (κ3) is 2.04. The van der Waals surface area contributed by atoms with E-state index in [0.29, 0.717) is 0 Å². The molecule has 0 aromatic heterocycles. The molecule has 0 aliphatic carbocycles. The van der Waals surface area contributed by atoms with Crippen molar-refractivity contribution < 1.29 is 18.7 Å². The number of esters is 1. The molecule has 0 heterocycles. The zero-order valence-corrected chi connectivity index (χ0v) is 9.22. The number of hydrogen-bond acceptors (Lipinski definition) is 3. The van der Waals surface area contributed by atoms with Crippen LogP contribution < -0.4 is 4.74 Å². The second-order valence-corrected chi connectivity index (χ2v) is 3.31. The first kappa shape index (κ1) is 11.0. The van der Waals surface area contributed by atoms with E-state index in [1.165, 1.54) is 20.3 Å². The van der Waals surface area contributed by atoms with Gasteiger partial charge in [0.15, 0.2) is 0 Å². The van der Waals surface area contributed by atoms with Crippen molar-refractivity contribution in [2.45, 2.75) is 0 Å². The molecule has 0 aliphatic heterocycles. The monoisotopic (exact) mass is 262 g/mol. The lowest BCUT2D eigenvalue weighted by atomic mass is 10.2. The summed E-state index contributed by atoms with van der Waals surface area (Å²) in [7, 11) is 2.61. The van der Waals surface area contributed by atoms with Gasteiger partial charge in [0.25, 0.3) is 0 Å². The largest absolute Gasteiger partial charge is 0.496 e. The first-order chi connectivity index (χ1) is 6.60. The van der Waals surface area contributed by atoms with Gasteiger partial charge in [-0.05, 0) is 22.0 Å². The van der Waals surface area contributed by atoms with E-state index in [1.807, 2.05) is 0 Å². The highest BCUT2D eigenvalue weighted by atomic mass is 79.9. The minimum absolute atomic E-state index is 0.151. The number of carbonyl (C=O) groups excluding carboxylic acids is 1. The number of carbonyl (C=O) groups is 1. The third-order valence-electron chi connectivity index (χ3n) is 1.65. The number of benzene rings is 1. The van der Waals surface area contributed by atoms with Gasteiger partial charge in [0.05, 0.1) is 18.7 Å². The summed E-state index contributed by atoms with van der Waals surface area (Å²) in [6.07, 6.45) is 0. The smallest absolute Gasteiger partial charge is 0.341 e. The molecule has 0 N–H and O–H groups in total. The van der Waals surface area contributed by atoms with Gasteiger partial charge in [-0.2, -0.15) is 0 Å². The van der Waals surface area contributed by atoms with Crippen LogP contribution in [0, 0.1) is 5.82 Å². The highest BCUT2D eigenvalue weighted by Gasteiger charge is 2.15. The van der Waals surface area contributed by atoms with E-state index >= 15 is 0 Å². The summed E-state index contributed by atoms with van der Waals surface area (Å²) in [6, 6.07) is 2.44. The third-order valence-corrected chi connectivity index (χ3v) is 2.26. The fourth-order valence-corrected chi connectivity index (χ4v) is 1.31. The van der Waals surface area contributed by atoms with Gasteiger partial charge in [0, 0.05) is 6.07 Å². The molecule has 3 nitrogen and oxygen atoms in total. The van der Waals surface area contributed by atoms with E-state index in [9.17, 15) is 9.18 Å². The summed E-state index contributed by atoms with van der Waals surface area (Å²) in [6.45, 7) is 0. The lowest BCUT2D eigenvalue weighted by Gasteiger charge is -2.07. The molecule has 0 saturated heterocycles. The van der Waals surface area contributed by atoms with Gasteiger partial charge in [0.1, 0.15) is 17.1 Å². The van der Waals surface area contributed by atoms with E-state index in [2.05, 4.69) is 20.7 Å². The Labute approximate surface area is 88.9 Å². The van der Waals surface area contributed by atoms with Gasteiger partial charge in [-0.25, -0.2) is 9.18 Å². The topological polar surface area (TPSA) is 35.5 Å². The molecule has 0 spiro atoms. The van der Waals surface area contributed by atoms with Gasteiger partial charge in [-0.3, -0.25) is 0 Å². The minimum atomic E-state index is -0.567. The highest BCUT2D eigenvalue weighted by molar-refractivity contribution is 9.10. The lowest BCUT2D eigenvalue weighted by Crippen LogP contribution is -2.04. The van der Waals surface area contributed by atoms with E-state index < -0.39 is 11.8 Å². The van der Waals surface area contributed by atoms with Crippen LogP contribution >= 0.6 is 15.9 Å². The first-order valence-corrected chi connectivity index (χ1v) is 4.50. The van der Waals surface area contributed by atoms with E-state index in [4.69, 9.17) is 4.74 Å². The SMILES string of the molecule is COC(=O)c1cc(Br)c(F)cc1OC. The maximum atomic E-state index is 13.0. The van der Waals surface area contributed by atoms with Crippen molar-refractivity contribution in [1.82, 2.24) is 0 Å². The molecular formula is C9H8BrFO3. The van der Waals surface area contributed by atoms with Gasteiger partial charge in [-0.1, -0.05) is 0 Å². The molecule has 1 aromatic carbocycles. The molecule has 0 aliphatic rings. The van der Waals surface area contributed by atoms with Crippen LogP contribution in [-0.4, -0.2) is 20.2 Å². The van der Waals surface area contributed by atoms with Crippen molar-refractivity contribution in [3.05, 3.63) is 28.0 Å².